The molecule has 8 heteroatoms. The van der Waals surface area contributed by atoms with E-state index in [-0.39, 0.29) is 25.0 Å². The number of amides is 2. The van der Waals surface area contributed by atoms with Crippen molar-refractivity contribution in [2.45, 2.75) is 51.0 Å². The van der Waals surface area contributed by atoms with E-state index in [2.05, 4.69) is 10.2 Å². The Balaban J connectivity index is 1.24. The second kappa shape index (κ2) is 12.5. The van der Waals surface area contributed by atoms with Crippen LogP contribution in [0.5, 0.6) is 0 Å². The molecular weight excluding hydrogens is 473 g/mol. The summed E-state index contributed by atoms with van der Waals surface area (Å²) in [5, 5.41) is 14.2. The molecule has 2 saturated heterocycles. The summed E-state index contributed by atoms with van der Waals surface area (Å²) in [6, 6.07) is 13.2. The van der Waals surface area contributed by atoms with Crippen LogP contribution in [0, 0.1) is 11.7 Å². The number of aryl methyl sites for hydroxylation is 1. The lowest BCUT2D eigenvalue weighted by Gasteiger charge is -2.43. The van der Waals surface area contributed by atoms with E-state index in [0.29, 0.717) is 36.7 Å². The molecule has 2 N–H and O–H groups in total. The predicted octanol–water partition coefficient (Wildman–Crippen LogP) is 4.71. The van der Waals surface area contributed by atoms with Crippen LogP contribution in [0.1, 0.15) is 54.9 Å². The number of anilines is 1. The van der Waals surface area contributed by atoms with Crippen molar-refractivity contribution in [2.75, 3.05) is 44.6 Å². The number of nitrogens with zero attached hydrogens (tertiary/aromatic N) is 2. The molecule has 0 bridgehead atoms. The van der Waals surface area contributed by atoms with Gasteiger partial charge in [-0.05, 0) is 100 Å². The van der Waals surface area contributed by atoms with Gasteiger partial charge in [-0.15, -0.1) is 0 Å². The SMILES string of the molecule is CCOC(=O)c1cccc(NC(=O)N2CCCC(O)(CN3CCC(CCc4ccc(F)cc4)CC3)C2)c1. The molecule has 2 aliphatic rings. The molecule has 2 aromatic carbocycles. The van der Waals surface area contributed by atoms with Crippen molar-refractivity contribution >= 4 is 17.7 Å². The maximum absolute atomic E-state index is 13.1. The van der Waals surface area contributed by atoms with Crippen LogP contribution in [0.15, 0.2) is 48.5 Å². The van der Waals surface area contributed by atoms with Crippen LogP contribution in [-0.4, -0.2) is 71.8 Å². The Kier molecular flexibility index (Phi) is 9.16. The van der Waals surface area contributed by atoms with Crippen LogP contribution in [0.3, 0.4) is 0 Å². The van der Waals surface area contributed by atoms with Crippen molar-refractivity contribution in [1.29, 1.82) is 0 Å². The van der Waals surface area contributed by atoms with E-state index in [1.54, 1.807) is 36.1 Å². The monoisotopic (exact) mass is 511 g/mol. The lowest BCUT2D eigenvalue weighted by atomic mass is 9.88. The number of halogens is 1. The molecule has 0 radical (unpaired) electrons. The summed E-state index contributed by atoms with van der Waals surface area (Å²) < 4.78 is 18.1. The van der Waals surface area contributed by atoms with Crippen molar-refractivity contribution in [2.24, 2.45) is 5.92 Å². The molecule has 200 valence electrons. The highest BCUT2D eigenvalue weighted by Crippen LogP contribution is 2.27. The van der Waals surface area contributed by atoms with Gasteiger partial charge < -0.3 is 25.0 Å². The second-order valence-electron chi connectivity index (χ2n) is 10.4. The minimum atomic E-state index is -0.941. The smallest absolute Gasteiger partial charge is 0.338 e. The zero-order valence-corrected chi connectivity index (χ0v) is 21.6. The van der Waals surface area contributed by atoms with Gasteiger partial charge in [-0.2, -0.15) is 0 Å². The second-order valence-corrected chi connectivity index (χ2v) is 10.4. The van der Waals surface area contributed by atoms with E-state index in [4.69, 9.17) is 4.74 Å². The number of hydrogen-bond acceptors (Lipinski definition) is 5. The van der Waals surface area contributed by atoms with Crippen molar-refractivity contribution < 1.29 is 23.8 Å². The van der Waals surface area contributed by atoms with Gasteiger partial charge in [0.1, 0.15) is 5.82 Å². The number of rotatable bonds is 8. The van der Waals surface area contributed by atoms with Gasteiger partial charge in [-0.25, -0.2) is 14.0 Å². The Hall–Kier alpha value is -2.97. The number of carbonyl (C=O) groups is 2. The maximum atomic E-state index is 13.1. The highest BCUT2D eigenvalue weighted by Gasteiger charge is 2.37. The van der Waals surface area contributed by atoms with E-state index in [1.165, 1.54) is 17.7 Å². The number of likely N-dealkylation sites (tertiary alicyclic amines) is 2. The lowest BCUT2D eigenvalue weighted by Crippen LogP contribution is -2.57. The highest BCUT2D eigenvalue weighted by molar-refractivity contribution is 5.94. The molecule has 37 heavy (non-hydrogen) atoms. The first-order valence-corrected chi connectivity index (χ1v) is 13.4. The van der Waals surface area contributed by atoms with Gasteiger partial charge in [0.05, 0.1) is 24.3 Å². The normalized spacial score (nSPS) is 21.0. The highest BCUT2D eigenvalue weighted by atomic mass is 19.1. The zero-order valence-electron chi connectivity index (χ0n) is 21.6. The number of urea groups is 1. The molecule has 0 spiro atoms. The predicted molar refractivity (Wildman–Crippen MR) is 141 cm³/mol. The molecule has 2 fully saturated rings. The third kappa shape index (κ3) is 7.76. The molecule has 7 nitrogen and oxygen atoms in total. The fourth-order valence-corrected chi connectivity index (χ4v) is 5.43. The van der Waals surface area contributed by atoms with E-state index < -0.39 is 11.6 Å². The Morgan fingerprint density at radius 2 is 1.89 bits per heavy atom. The number of ether oxygens (including phenoxy) is 1. The van der Waals surface area contributed by atoms with E-state index in [0.717, 1.165) is 45.2 Å². The fourth-order valence-electron chi connectivity index (χ4n) is 5.43. The summed E-state index contributed by atoms with van der Waals surface area (Å²) in [6.45, 7) is 5.32. The number of carbonyl (C=O) groups excluding carboxylic acids is 2. The summed E-state index contributed by atoms with van der Waals surface area (Å²) in [5.74, 6) is 0.0112. The van der Waals surface area contributed by atoms with Crippen LogP contribution < -0.4 is 5.32 Å². The molecule has 0 aromatic heterocycles. The van der Waals surface area contributed by atoms with Gasteiger partial charge in [-0.1, -0.05) is 18.2 Å². The third-order valence-corrected chi connectivity index (χ3v) is 7.45. The topological polar surface area (TPSA) is 82.1 Å². The number of β-amino-alcohol motifs (C(OH)–C–C–N with tert-alkyl or cyclic N) is 1. The molecule has 2 aliphatic heterocycles. The molecule has 4 rings (SSSR count). The molecule has 1 atom stereocenters. The van der Waals surface area contributed by atoms with Crippen LogP contribution >= 0.6 is 0 Å². The summed E-state index contributed by atoms with van der Waals surface area (Å²) in [6.07, 6.45) is 5.62. The zero-order chi connectivity index (χ0) is 26.3. The first kappa shape index (κ1) is 27.1. The number of esters is 1. The van der Waals surface area contributed by atoms with E-state index in [1.807, 2.05) is 12.1 Å². The number of hydrogen-bond donors (Lipinski definition) is 2. The molecule has 0 aliphatic carbocycles. The van der Waals surface area contributed by atoms with Gasteiger partial charge in [0.15, 0.2) is 0 Å². The molecular formula is C29H38FN3O4. The summed E-state index contributed by atoms with van der Waals surface area (Å²) in [7, 11) is 0. The van der Waals surface area contributed by atoms with Gasteiger partial charge in [0.25, 0.3) is 0 Å². The third-order valence-electron chi connectivity index (χ3n) is 7.45. The first-order chi connectivity index (χ1) is 17.8. The Bertz CT molecular complexity index is 1060. The lowest BCUT2D eigenvalue weighted by molar-refractivity contribution is -0.0470. The van der Waals surface area contributed by atoms with Crippen LogP contribution in [-0.2, 0) is 11.2 Å². The van der Waals surface area contributed by atoms with Crippen molar-refractivity contribution in [3.63, 3.8) is 0 Å². The average molecular weight is 512 g/mol. The molecule has 2 amide bonds. The standard InChI is InChI=1S/C29H38FN3O4/c1-2-37-27(34)24-5-3-6-26(19-24)31-28(35)33-16-4-15-29(36,21-33)20-32-17-13-23(14-18-32)8-7-22-9-11-25(30)12-10-22/h3,5-6,9-12,19,23,36H,2,4,7-8,13-18,20-21H2,1H3,(H,31,35). The van der Waals surface area contributed by atoms with Crippen molar-refractivity contribution in [3.05, 3.63) is 65.5 Å². The Labute approximate surface area is 218 Å². The fraction of sp³-hybridized carbons (Fsp3) is 0.517. The molecule has 0 saturated carbocycles. The Morgan fingerprint density at radius 3 is 2.62 bits per heavy atom. The van der Waals surface area contributed by atoms with Gasteiger partial charge in [0, 0.05) is 18.8 Å². The van der Waals surface area contributed by atoms with Crippen molar-refractivity contribution in [3.8, 4) is 0 Å². The minimum absolute atomic E-state index is 0.197. The molecule has 1 unspecified atom stereocenters. The molecule has 2 heterocycles. The Morgan fingerprint density at radius 1 is 1.14 bits per heavy atom. The minimum Gasteiger partial charge on any atom is -0.462 e. The largest absolute Gasteiger partial charge is 0.462 e. The van der Waals surface area contributed by atoms with Crippen LogP contribution in [0.2, 0.25) is 0 Å². The van der Waals surface area contributed by atoms with Gasteiger partial charge >= 0.3 is 12.0 Å². The summed E-state index contributed by atoms with van der Waals surface area (Å²) in [5.41, 5.74) is 1.14. The maximum Gasteiger partial charge on any atom is 0.338 e. The first-order valence-electron chi connectivity index (χ1n) is 13.4. The van der Waals surface area contributed by atoms with Gasteiger partial charge in [0.2, 0.25) is 0 Å². The molecule has 2 aromatic rings. The van der Waals surface area contributed by atoms with E-state index in [9.17, 15) is 19.1 Å². The number of piperidine rings is 2. The average Bonchev–Trinajstić information content (AvgIpc) is 2.89. The van der Waals surface area contributed by atoms with Crippen LogP contribution in [0.4, 0.5) is 14.9 Å². The number of aliphatic hydroxyl groups is 1. The quantitative estimate of drug-likeness (QED) is 0.502. The van der Waals surface area contributed by atoms with Gasteiger partial charge in [-0.3, -0.25) is 0 Å². The summed E-state index contributed by atoms with van der Waals surface area (Å²) >= 11 is 0. The van der Waals surface area contributed by atoms with Crippen molar-refractivity contribution in [1.82, 2.24) is 9.80 Å². The van der Waals surface area contributed by atoms with E-state index >= 15 is 0 Å². The number of benzene rings is 2. The summed E-state index contributed by atoms with van der Waals surface area (Å²) in [4.78, 5) is 28.9. The van der Waals surface area contributed by atoms with Crippen LogP contribution in [0.25, 0.3) is 0 Å². The number of nitrogens with one attached hydrogen (secondary N) is 1.